The lowest BCUT2D eigenvalue weighted by molar-refractivity contribution is -0.123. The number of carbonyl (C=O) groups excluding carboxylic acids is 1. The largest absolute Gasteiger partial charge is 0.356 e. The minimum Gasteiger partial charge on any atom is -0.356 e. The quantitative estimate of drug-likeness (QED) is 0.919. The van der Waals surface area contributed by atoms with Gasteiger partial charge in [-0.2, -0.15) is 5.10 Å². The third-order valence-corrected chi connectivity index (χ3v) is 5.54. The Morgan fingerprint density at radius 3 is 2.68 bits per heavy atom. The molecule has 0 radical (unpaired) electrons. The van der Waals surface area contributed by atoms with Gasteiger partial charge in [-0.15, -0.1) is 0 Å². The molecule has 0 aromatic carbocycles. The molecule has 4 rings (SSSR count). The first-order valence-corrected chi connectivity index (χ1v) is 9.31. The van der Waals surface area contributed by atoms with Crippen molar-refractivity contribution in [2.24, 2.45) is 13.0 Å². The molecule has 2 fully saturated rings. The highest BCUT2D eigenvalue weighted by Crippen LogP contribution is 2.29. The van der Waals surface area contributed by atoms with E-state index in [1.807, 2.05) is 20.2 Å². The number of anilines is 1. The van der Waals surface area contributed by atoms with Gasteiger partial charge in [0, 0.05) is 32.6 Å². The van der Waals surface area contributed by atoms with Gasteiger partial charge in [0.1, 0.15) is 11.6 Å². The monoisotopic (exact) mass is 342 g/mol. The summed E-state index contributed by atoms with van der Waals surface area (Å²) in [5.74, 6) is 2.46. The fourth-order valence-corrected chi connectivity index (χ4v) is 3.80. The first kappa shape index (κ1) is 16.3. The van der Waals surface area contributed by atoms with Crippen molar-refractivity contribution >= 4 is 22.8 Å². The molecule has 0 atom stereocenters. The predicted octanol–water partition coefficient (Wildman–Crippen LogP) is 1.95. The van der Waals surface area contributed by atoms with Crippen LogP contribution in [-0.2, 0) is 11.8 Å². The number of amides is 1. The molecule has 1 amide bonds. The van der Waals surface area contributed by atoms with Gasteiger partial charge in [-0.1, -0.05) is 0 Å². The molecule has 0 spiro atoms. The number of aromatic nitrogens is 4. The zero-order valence-electron chi connectivity index (χ0n) is 15.0. The summed E-state index contributed by atoms with van der Waals surface area (Å²) in [7, 11) is 1.91. The summed E-state index contributed by atoms with van der Waals surface area (Å²) < 4.78 is 1.80. The summed E-state index contributed by atoms with van der Waals surface area (Å²) in [6.07, 6.45) is 8.13. The maximum Gasteiger partial charge on any atom is 0.220 e. The zero-order chi connectivity index (χ0) is 17.4. The summed E-state index contributed by atoms with van der Waals surface area (Å²) >= 11 is 0. The molecule has 0 unspecified atom stereocenters. The maximum atomic E-state index is 12.1. The van der Waals surface area contributed by atoms with Crippen molar-refractivity contribution in [1.29, 1.82) is 0 Å². The van der Waals surface area contributed by atoms with Crippen LogP contribution in [0.2, 0.25) is 0 Å². The van der Waals surface area contributed by atoms with Crippen molar-refractivity contribution in [3.63, 3.8) is 0 Å². The molecular formula is C18H26N6O. The van der Waals surface area contributed by atoms with Gasteiger partial charge in [0.15, 0.2) is 5.65 Å². The van der Waals surface area contributed by atoms with Crippen molar-refractivity contribution in [2.75, 3.05) is 18.0 Å². The van der Waals surface area contributed by atoms with Crippen molar-refractivity contribution in [3.8, 4) is 0 Å². The fraction of sp³-hybridized carbons (Fsp3) is 0.667. The lowest BCUT2D eigenvalue weighted by atomic mass is 9.90. The van der Waals surface area contributed by atoms with Gasteiger partial charge < -0.3 is 10.2 Å². The van der Waals surface area contributed by atoms with Crippen LogP contribution < -0.4 is 10.2 Å². The highest BCUT2D eigenvalue weighted by Gasteiger charge is 2.26. The van der Waals surface area contributed by atoms with Crippen molar-refractivity contribution < 1.29 is 4.79 Å². The van der Waals surface area contributed by atoms with Gasteiger partial charge in [0.05, 0.1) is 11.6 Å². The first-order chi connectivity index (χ1) is 12.1. The molecule has 134 valence electrons. The number of piperidine rings is 1. The summed E-state index contributed by atoms with van der Waals surface area (Å²) in [5.41, 5.74) is 0.879. The molecule has 1 N–H and O–H groups in total. The second-order valence-electron chi connectivity index (χ2n) is 7.43. The van der Waals surface area contributed by atoms with E-state index in [1.165, 1.54) is 6.42 Å². The fourth-order valence-electron chi connectivity index (χ4n) is 3.80. The van der Waals surface area contributed by atoms with E-state index in [-0.39, 0.29) is 5.91 Å². The minimum atomic E-state index is 0.232. The zero-order valence-corrected chi connectivity index (χ0v) is 15.0. The van der Waals surface area contributed by atoms with E-state index in [0.29, 0.717) is 18.4 Å². The summed E-state index contributed by atoms with van der Waals surface area (Å²) in [4.78, 5) is 23.6. The maximum absolute atomic E-state index is 12.1. The second kappa shape index (κ2) is 6.61. The Balaban J connectivity index is 1.39. The molecular weight excluding hydrogens is 316 g/mol. The summed E-state index contributed by atoms with van der Waals surface area (Å²) in [6, 6.07) is 0.440. The van der Waals surface area contributed by atoms with Crippen LogP contribution in [0, 0.1) is 12.8 Å². The minimum absolute atomic E-state index is 0.232. The van der Waals surface area contributed by atoms with Crippen LogP contribution in [0.5, 0.6) is 0 Å². The Labute approximate surface area is 147 Å². The van der Waals surface area contributed by atoms with E-state index in [1.54, 1.807) is 4.68 Å². The van der Waals surface area contributed by atoms with E-state index >= 15 is 0 Å². The lowest BCUT2D eigenvalue weighted by Crippen LogP contribution is -2.41. The highest BCUT2D eigenvalue weighted by molar-refractivity contribution is 5.87. The van der Waals surface area contributed by atoms with Crippen LogP contribution in [0.3, 0.4) is 0 Å². The molecule has 7 heteroatoms. The molecule has 1 aliphatic heterocycles. The number of hydrogen-bond acceptors (Lipinski definition) is 5. The van der Waals surface area contributed by atoms with Gasteiger partial charge >= 0.3 is 0 Å². The highest BCUT2D eigenvalue weighted by atomic mass is 16.1. The van der Waals surface area contributed by atoms with Crippen LogP contribution >= 0.6 is 0 Å². The van der Waals surface area contributed by atoms with Crippen LogP contribution in [0.4, 0.5) is 5.82 Å². The molecule has 0 bridgehead atoms. The third-order valence-electron chi connectivity index (χ3n) is 5.54. The van der Waals surface area contributed by atoms with E-state index in [9.17, 15) is 4.79 Å². The standard InChI is InChI=1S/C18H26N6O/c1-12-20-17-15(11-19-23(17)2)18(21-12)24-8-6-13(7-9-24)10-16(25)22-14-4-3-5-14/h11,13-14H,3-10H2,1-2H3,(H,22,25). The Hall–Kier alpha value is -2.18. The molecule has 2 aromatic rings. The van der Waals surface area contributed by atoms with Crippen molar-refractivity contribution in [3.05, 3.63) is 12.0 Å². The Kier molecular flexibility index (Phi) is 4.31. The number of nitrogens with zero attached hydrogens (tertiary/aromatic N) is 5. The van der Waals surface area contributed by atoms with Crippen LogP contribution in [-0.4, -0.2) is 44.8 Å². The van der Waals surface area contributed by atoms with Crippen molar-refractivity contribution in [2.45, 2.75) is 51.5 Å². The van der Waals surface area contributed by atoms with Crippen molar-refractivity contribution in [1.82, 2.24) is 25.1 Å². The van der Waals surface area contributed by atoms with Gasteiger partial charge in [-0.25, -0.2) is 9.97 Å². The normalized spacial score (nSPS) is 19.2. The number of nitrogens with one attached hydrogen (secondary N) is 1. The molecule has 2 aromatic heterocycles. The smallest absolute Gasteiger partial charge is 0.220 e. The number of fused-ring (bicyclic) bond motifs is 1. The average molecular weight is 342 g/mol. The first-order valence-electron chi connectivity index (χ1n) is 9.31. The molecule has 3 heterocycles. The van der Waals surface area contributed by atoms with E-state index in [4.69, 9.17) is 0 Å². The van der Waals surface area contributed by atoms with Crippen LogP contribution in [0.25, 0.3) is 11.0 Å². The second-order valence-corrected chi connectivity index (χ2v) is 7.43. The molecule has 1 saturated carbocycles. The molecule has 1 aliphatic carbocycles. The Morgan fingerprint density at radius 1 is 1.24 bits per heavy atom. The Morgan fingerprint density at radius 2 is 2.00 bits per heavy atom. The molecule has 7 nitrogen and oxygen atoms in total. The molecule has 25 heavy (non-hydrogen) atoms. The predicted molar refractivity (Wildman–Crippen MR) is 96.4 cm³/mol. The van der Waals surface area contributed by atoms with E-state index in [0.717, 1.165) is 61.4 Å². The summed E-state index contributed by atoms with van der Waals surface area (Å²) in [5, 5.41) is 8.49. The van der Waals surface area contributed by atoms with Gasteiger partial charge in [-0.3, -0.25) is 9.48 Å². The van der Waals surface area contributed by atoms with Gasteiger partial charge in [0.2, 0.25) is 5.91 Å². The topological polar surface area (TPSA) is 75.9 Å². The summed E-state index contributed by atoms with van der Waals surface area (Å²) in [6.45, 7) is 3.79. The number of aryl methyl sites for hydroxylation is 2. The van der Waals surface area contributed by atoms with Crippen LogP contribution in [0.15, 0.2) is 6.20 Å². The number of carbonyl (C=O) groups is 1. The lowest BCUT2D eigenvalue weighted by Gasteiger charge is -2.33. The number of rotatable bonds is 4. The molecule has 2 aliphatic rings. The molecule has 1 saturated heterocycles. The van der Waals surface area contributed by atoms with E-state index < -0.39 is 0 Å². The number of hydrogen-bond donors (Lipinski definition) is 1. The third kappa shape index (κ3) is 3.32. The van der Waals surface area contributed by atoms with Crippen LogP contribution in [0.1, 0.15) is 44.3 Å². The average Bonchev–Trinajstić information content (AvgIpc) is 2.92. The van der Waals surface area contributed by atoms with Gasteiger partial charge in [-0.05, 0) is 44.9 Å². The van der Waals surface area contributed by atoms with Gasteiger partial charge in [0.25, 0.3) is 0 Å². The Bertz CT molecular complexity index is 773. The SMILES string of the molecule is Cc1nc(N2CCC(CC(=O)NC3CCC3)CC2)c2cnn(C)c2n1. The van der Waals surface area contributed by atoms with E-state index in [2.05, 4.69) is 25.3 Å².